The number of aliphatic hydroxyl groups excluding tert-OH is 1. The molecule has 66 heavy (non-hydrogen) atoms. The standard InChI is InChI=1S/C59H62O5Si2/c1-8-52(60)54-56(64-66(58(5,6)7,50-40-26-14-27-41-50)51-42-28-15-29-43-51)55(63-65(57(2,3)4,48-36-22-12-23-37-48)49-38-24-13-25-39-49)53(62-54)44-61-59(45-30-16-9-17-31-45,46-32-18-10-19-33-46)47-34-20-11-21-35-47/h1,9-43,52-56,60H,44H2,2-7H3/t52-,53+,54+,55+,56+/m0/s1. The molecular formula is C59H62O5Si2. The Bertz CT molecular complexity index is 2450. The van der Waals surface area contributed by atoms with E-state index in [1.54, 1.807) is 0 Å². The van der Waals surface area contributed by atoms with Crippen molar-refractivity contribution in [1.29, 1.82) is 0 Å². The van der Waals surface area contributed by atoms with Crippen molar-refractivity contribution in [1.82, 2.24) is 0 Å². The molecule has 336 valence electrons. The molecule has 0 aliphatic carbocycles. The fourth-order valence-corrected chi connectivity index (χ4v) is 19.7. The van der Waals surface area contributed by atoms with E-state index >= 15 is 0 Å². The topological polar surface area (TPSA) is 57.2 Å². The Morgan fingerprint density at radius 2 is 0.773 bits per heavy atom. The second-order valence-electron chi connectivity index (χ2n) is 19.3. The molecule has 5 nitrogen and oxygen atoms in total. The third-order valence-corrected chi connectivity index (χ3v) is 23.4. The Morgan fingerprint density at radius 1 is 0.485 bits per heavy atom. The van der Waals surface area contributed by atoms with Crippen LogP contribution in [0.5, 0.6) is 0 Å². The predicted octanol–water partition coefficient (Wildman–Crippen LogP) is 9.65. The zero-order valence-corrected chi connectivity index (χ0v) is 41.0. The second-order valence-corrected chi connectivity index (χ2v) is 27.8. The van der Waals surface area contributed by atoms with Gasteiger partial charge in [-0.1, -0.05) is 260 Å². The average molecular weight is 907 g/mol. The number of aliphatic hydroxyl groups is 1. The number of hydrogen-bond donors (Lipinski definition) is 1. The largest absolute Gasteiger partial charge is 0.399 e. The van der Waals surface area contributed by atoms with Crippen LogP contribution in [-0.4, -0.2) is 58.9 Å². The number of benzene rings is 7. The van der Waals surface area contributed by atoms with Gasteiger partial charge in [0.2, 0.25) is 0 Å². The lowest BCUT2D eigenvalue weighted by Crippen LogP contribution is -2.72. The molecule has 7 aromatic rings. The maximum absolute atomic E-state index is 12.1. The van der Waals surface area contributed by atoms with Crippen LogP contribution < -0.4 is 20.7 Å². The molecule has 5 atom stereocenters. The molecule has 1 fully saturated rings. The molecule has 0 unspecified atom stereocenters. The first-order valence-corrected chi connectivity index (χ1v) is 26.9. The quantitative estimate of drug-likeness (QED) is 0.0632. The molecule has 8 rings (SSSR count). The fourth-order valence-electron chi connectivity index (χ4n) is 10.3. The van der Waals surface area contributed by atoms with E-state index < -0.39 is 62.8 Å². The van der Waals surface area contributed by atoms with Crippen LogP contribution >= 0.6 is 0 Å². The minimum Gasteiger partial charge on any atom is -0.399 e. The van der Waals surface area contributed by atoms with Crippen LogP contribution in [0, 0.1) is 12.3 Å². The molecule has 1 N–H and O–H groups in total. The molecule has 7 heteroatoms. The number of terminal acetylenes is 1. The highest BCUT2D eigenvalue weighted by Gasteiger charge is 2.61. The van der Waals surface area contributed by atoms with E-state index in [0.717, 1.165) is 37.4 Å². The van der Waals surface area contributed by atoms with Gasteiger partial charge in [0, 0.05) is 0 Å². The molecule has 0 aromatic heterocycles. The van der Waals surface area contributed by atoms with Crippen molar-refractivity contribution in [3.05, 3.63) is 229 Å². The van der Waals surface area contributed by atoms with Crippen LogP contribution in [0.4, 0.5) is 0 Å². The molecule has 1 aliphatic rings. The van der Waals surface area contributed by atoms with Gasteiger partial charge in [-0.05, 0) is 47.5 Å². The highest BCUT2D eigenvalue weighted by atomic mass is 28.4. The minimum absolute atomic E-state index is 0.0654. The highest BCUT2D eigenvalue weighted by molar-refractivity contribution is 7.00. The van der Waals surface area contributed by atoms with Crippen molar-refractivity contribution in [3.63, 3.8) is 0 Å². The molecule has 1 saturated heterocycles. The zero-order valence-electron chi connectivity index (χ0n) is 39.0. The fraction of sp³-hybridized carbons (Fsp3) is 0.254. The molecular weight excluding hydrogens is 845 g/mol. The van der Waals surface area contributed by atoms with Gasteiger partial charge in [0.15, 0.2) is 0 Å². The van der Waals surface area contributed by atoms with Gasteiger partial charge in [-0.2, -0.15) is 0 Å². The van der Waals surface area contributed by atoms with Crippen LogP contribution in [-0.2, 0) is 23.9 Å². The molecule has 1 aliphatic heterocycles. The van der Waals surface area contributed by atoms with Crippen LogP contribution in [0.3, 0.4) is 0 Å². The van der Waals surface area contributed by atoms with Crippen molar-refractivity contribution >= 4 is 37.4 Å². The number of rotatable bonds is 15. The summed E-state index contributed by atoms with van der Waals surface area (Å²) < 4.78 is 31.3. The van der Waals surface area contributed by atoms with Crippen LogP contribution in [0.15, 0.2) is 212 Å². The van der Waals surface area contributed by atoms with Gasteiger partial charge in [-0.3, -0.25) is 0 Å². The highest BCUT2D eigenvalue weighted by Crippen LogP contribution is 2.46. The van der Waals surface area contributed by atoms with Crippen molar-refractivity contribution in [3.8, 4) is 12.3 Å². The first kappa shape index (κ1) is 46.8. The first-order valence-electron chi connectivity index (χ1n) is 23.0. The Balaban J connectivity index is 1.38. The molecule has 0 amide bonds. The van der Waals surface area contributed by atoms with Gasteiger partial charge < -0.3 is 23.4 Å². The van der Waals surface area contributed by atoms with Gasteiger partial charge in [-0.15, -0.1) is 6.42 Å². The van der Waals surface area contributed by atoms with Gasteiger partial charge in [-0.25, -0.2) is 0 Å². The summed E-state index contributed by atoms with van der Waals surface area (Å²) in [5.41, 5.74) is 1.83. The van der Waals surface area contributed by atoms with E-state index in [1.807, 2.05) is 66.7 Å². The van der Waals surface area contributed by atoms with E-state index in [1.165, 1.54) is 0 Å². The summed E-state index contributed by atoms with van der Waals surface area (Å²) in [6.07, 6.45) is 1.53. The molecule has 0 radical (unpaired) electrons. The third kappa shape index (κ3) is 8.71. The van der Waals surface area contributed by atoms with Crippen molar-refractivity contribution in [2.45, 2.75) is 87.7 Å². The maximum atomic E-state index is 12.1. The maximum Gasteiger partial charge on any atom is 0.261 e. The normalized spacial score (nSPS) is 18.6. The van der Waals surface area contributed by atoms with E-state index in [-0.39, 0.29) is 6.61 Å². The lowest BCUT2D eigenvalue weighted by atomic mass is 9.80. The summed E-state index contributed by atoms with van der Waals surface area (Å²) >= 11 is 0. The molecule has 0 spiro atoms. The summed E-state index contributed by atoms with van der Waals surface area (Å²) in [5, 5.41) is 15.7. The average Bonchev–Trinajstić information content (AvgIpc) is 3.69. The number of hydrogen-bond acceptors (Lipinski definition) is 5. The van der Waals surface area contributed by atoms with Crippen molar-refractivity contribution in [2.24, 2.45) is 0 Å². The smallest absolute Gasteiger partial charge is 0.261 e. The van der Waals surface area contributed by atoms with E-state index in [2.05, 4.69) is 193 Å². The van der Waals surface area contributed by atoms with Crippen LogP contribution in [0.2, 0.25) is 10.1 Å². The lowest BCUT2D eigenvalue weighted by molar-refractivity contribution is -0.0930. The van der Waals surface area contributed by atoms with E-state index in [0.29, 0.717) is 0 Å². The molecule has 0 saturated carbocycles. The monoisotopic (exact) mass is 906 g/mol. The molecule has 7 aromatic carbocycles. The summed E-state index contributed by atoms with van der Waals surface area (Å²) in [6.45, 7) is 13.7. The van der Waals surface area contributed by atoms with Gasteiger partial charge in [0.1, 0.15) is 36.1 Å². The Morgan fingerprint density at radius 3 is 1.06 bits per heavy atom. The Hall–Kier alpha value is -5.67. The first-order chi connectivity index (χ1) is 31.9. The summed E-state index contributed by atoms with van der Waals surface area (Å²) in [6, 6.07) is 73.5. The van der Waals surface area contributed by atoms with Crippen molar-refractivity contribution in [2.75, 3.05) is 6.61 Å². The van der Waals surface area contributed by atoms with Crippen molar-refractivity contribution < 1.29 is 23.4 Å². The predicted molar refractivity (Wildman–Crippen MR) is 274 cm³/mol. The van der Waals surface area contributed by atoms with Crippen LogP contribution in [0.25, 0.3) is 0 Å². The van der Waals surface area contributed by atoms with E-state index in [9.17, 15) is 5.11 Å². The summed E-state index contributed by atoms with van der Waals surface area (Å²) in [7, 11) is -6.70. The second kappa shape index (κ2) is 19.7. The Labute approximate surface area is 394 Å². The molecule has 0 bridgehead atoms. The SMILES string of the molecule is C#C[C@H](O)[C@H]1O[C@H](COC(c2ccccc2)(c2ccccc2)c2ccccc2)[C@@H](O[Si](c2ccccc2)(c2ccccc2)C(C)(C)C)[C@@H]1O[Si](c1ccccc1)(c1ccccc1)C(C)(C)C. The third-order valence-electron chi connectivity index (χ3n) is 13.3. The summed E-state index contributed by atoms with van der Waals surface area (Å²) in [5.74, 6) is 2.67. The molecule has 1 heterocycles. The minimum atomic E-state index is -3.35. The Kier molecular flexibility index (Phi) is 14.0. The van der Waals surface area contributed by atoms with Gasteiger partial charge >= 0.3 is 0 Å². The van der Waals surface area contributed by atoms with Gasteiger partial charge in [0.05, 0.1) is 6.61 Å². The van der Waals surface area contributed by atoms with E-state index in [4.69, 9.17) is 24.7 Å². The van der Waals surface area contributed by atoms with Gasteiger partial charge in [0.25, 0.3) is 16.6 Å². The zero-order chi connectivity index (χ0) is 46.4. The summed E-state index contributed by atoms with van der Waals surface area (Å²) in [4.78, 5) is 0. The number of ether oxygens (including phenoxy) is 2. The lowest BCUT2D eigenvalue weighted by Gasteiger charge is -2.49. The van der Waals surface area contributed by atoms with Crippen LogP contribution in [0.1, 0.15) is 58.2 Å².